The molecule has 0 unspecified atom stereocenters. The molecule has 0 aliphatic heterocycles. The maximum atomic E-state index is 12.3. The molecule has 1 saturated carbocycles. The minimum absolute atomic E-state index is 0.107. The Hall–Kier alpha value is -0.910. The van der Waals surface area contributed by atoms with Gasteiger partial charge in [-0.3, -0.25) is 0 Å². The van der Waals surface area contributed by atoms with Crippen LogP contribution < -0.4 is 4.72 Å². The zero-order valence-corrected chi connectivity index (χ0v) is 12.3. The van der Waals surface area contributed by atoms with Crippen LogP contribution in [-0.2, 0) is 16.6 Å². The number of aliphatic hydroxyl groups excluding tert-OH is 1. The molecule has 1 aromatic rings. The van der Waals surface area contributed by atoms with Gasteiger partial charge in [-0.15, -0.1) is 0 Å². The summed E-state index contributed by atoms with van der Waals surface area (Å²) >= 11 is 0. The van der Waals surface area contributed by atoms with Crippen molar-refractivity contribution in [2.75, 3.05) is 6.54 Å². The van der Waals surface area contributed by atoms with Gasteiger partial charge in [-0.25, -0.2) is 13.1 Å². The van der Waals surface area contributed by atoms with Crippen molar-refractivity contribution in [1.29, 1.82) is 0 Å². The molecule has 5 heteroatoms. The second-order valence-corrected chi connectivity index (χ2v) is 7.48. The van der Waals surface area contributed by atoms with Crippen molar-refractivity contribution < 1.29 is 13.5 Å². The van der Waals surface area contributed by atoms with Crippen LogP contribution in [0.4, 0.5) is 0 Å². The summed E-state index contributed by atoms with van der Waals surface area (Å²) < 4.78 is 27.3. The maximum Gasteiger partial charge on any atom is 0.240 e. The summed E-state index contributed by atoms with van der Waals surface area (Å²) in [5.74, 6) is 0. The predicted molar refractivity (Wildman–Crippen MR) is 74.2 cm³/mol. The van der Waals surface area contributed by atoms with Gasteiger partial charge in [0.2, 0.25) is 10.0 Å². The van der Waals surface area contributed by atoms with Gasteiger partial charge in [0, 0.05) is 6.54 Å². The second kappa shape index (κ2) is 5.23. The lowest BCUT2D eigenvalue weighted by Gasteiger charge is -2.38. The van der Waals surface area contributed by atoms with E-state index in [4.69, 9.17) is 5.11 Å². The molecule has 1 aliphatic rings. The predicted octanol–water partition coefficient (Wildman–Crippen LogP) is 1.96. The monoisotopic (exact) mass is 283 g/mol. The summed E-state index contributed by atoms with van der Waals surface area (Å²) in [5.41, 5.74) is 1.42. The molecule has 2 rings (SSSR count). The Labute approximate surface area is 114 Å². The molecule has 0 aromatic heterocycles. The number of hydrogen-bond donors (Lipinski definition) is 2. The Morgan fingerprint density at radius 1 is 1.37 bits per heavy atom. The number of nitrogens with one attached hydrogen (secondary N) is 1. The van der Waals surface area contributed by atoms with E-state index in [0.29, 0.717) is 17.7 Å². The highest BCUT2D eigenvalue weighted by atomic mass is 32.2. The maximum absolute atomic E-state index is 12.3. The van der Waals surface area contributed by atoms with E-state index < -0.39 is 10.0 Å². The lowest BCUT2D eigenvalue weighted by molar-refractivity contribution is 0.166. The summed E-state index contributed by atoms with van der Waals surface area (Å²) in [5, 5.41) is 9.11. The van der Waals surface area contributed by atoms with Crippen molar-refractivity contribution in [3.63, 3.8) is 0 Å². The molecule has 4 nitrogen and oxygen atoms in total. The third-order valence-corrected chi connectivity index (χ3v) is 5.52. The zero-order chi connectivity index (χ0) is 14.1. The summed E-state index contributed by atoms with van der Waals surface area (Å²) in [6, 6.07) is 5.01. The summed E-state index contributed by atoms with van der Waals surface area (Å²) in [7, 11) is -3.49. The van der Waals surface area contributed by atoms with Gasteiger partial charge in [-0.05, 0) is 42.4 Å². The van der Waals surface area contributed by atoms with E-state index in [9.17, 15) is 8.42 Å². The number of aryl methyl sites for hydroxylation is 1. The average molecular weight is 283 g/mol. The van der Waals surface area contributed by atoms with Crippen LogP contribution in [0.25, 0.3) is 0 Å². The lowest BCUT2D eigenvalue weighted by atomic mass is 9.71. The van der Waals surface area contributed by atoms with Crippen molar-refractivity contribution in [2.45, 2.75) is 44.6 Å². The Morgan fingerprint density at radius 2 is 2.05 bits per heavy atom. The van der Waals surface area contributed by atoms with E-state index in [1.54, 1.807) is 25.1 Å². The van der Waals surface area contributed by atoms with Gasteiger partial charge in [-0.2, -0.15) is 0 Å². The molecule has 0 bridgehead atoms. The van der Waals surface area contributed by atoms with Crippen molar-refractivity contribution in [3.05, 3.63) is 29.3 Å². The molecular weight excluding hydrogens is 262 g/mol. The first kappa shape index (κ1) is 14.5. The molecule has 19 heavy (non-hydrogen) atoms. The largest absolute Gasteiger partial charge is 0.392 e. The van der Waals surface area contributed by atoms with Crippen molar-refractivity contribution in [1.82, 2.24) is 4.72 Å². The van der Waals surface area contributed by atoms with Gasteiger partial charge < -0.3 is 5.11 Å². The molecule has 1 aromatic carbocycles. The lowest BCUT2D eigenvalue weighted by Crippen LogP contribution is -2.40. The Balaban J connectivity index is 2.18. The standard InChI is InChI=1S/C14H21NO3S/c1-11-4-5-12(9-16)8-13(11)19(17,18)15-10-14(2)6-3-7-14/h4-5,8,15-16H,3,6-7,9-10H2,1-2H3. The molecule has 2 N–H and O–H groups in total. The van der Waals surface area contributed by atoms with E-state index in [0.717, 1.165) is 12.8 Å². The normalized spacial score (nSPS) is 18.1. The quantitative estimate of drug-likeness (QED) is 0.868. The smallest absolute Gasteiger partial charge is 0.240 e. The first-order chi connectivity index (χ1) is 8.86. The Kier molecular flexibility index (Phi) is 3.99. The summed E-state index contributed by atoms with van der Waals surface area (Å²) in [6.07, 6.45) is 3.33. The Bertz CT molecular complexity index is 562. The van der Waals surface area contributed by atoms with Gasteiger partial charge in [0.25, 0.3) is 0 Å². The van der Waals surface area contributed by atoms with E-state index in [2.05, 4.69) is 11.6 Å². The van der Waals surface area contributed by atoms with Crippen molar-refractivity contribution in [2.24, 2.45) is 5.41 Å². The van der Waals surface area contributed by atoms with Gasteiger partial charge in [0.05, 0.1) is 11.5 Å². The number of aliphatic hydroxyl groups is 1. The number of benzene rings is 1. The van der Waals surface area contributed by atoms with Crippen LogP contribution >= 0.6 is 0 Å². The average Bonchev–Trinajstić information content (AvgIpc) is 2.34. The van der Waals surface area contributed by atoms with E-state index in [-0.39, 0.29) is 16.9 Å². The molecule has 0 radical (unpaired) electrons. The van der Waals surface area contributed by atoms with Gasteiger partial charge >= 0.3 is 0 Å². The highest BCUT2D eigenvalue weighted by Crippen LogP contribution is 2.39. The second-order valence-electron chi connectivity index (χ2n) is 5.75. The highest BCUT2D eigenvalue weighted by molar-refractivity contribution is 7.89. The fraction of sp³-hybridized carbons (Fsp3) is 0.571. The molecular formula is C14H21NO3S. The Morgan fingerprint density at radius 3 is 2.58 bits per heavy atom. The van der Waals surface area contributed by atoms with Crippen LogP contribution in [0, 0.1) is 12.3 Å². The van der Waals surface area contributed by atoms with E-state index >= 15 is 0 Å². The number of rotatable bonds is 5. The van der Waals surface area contributed by atoms with E-state index in [1.807, 2.05) is 0 Å². The van der Waals surface area contributed by atoms with Crippen molar-refractivity contribution >= 4 is 10.0 Å². The number of hydrogen-bond acceptors (Lipinski definition) is 3. The summed E-state index contributed by atoms with van der Waals surface area (Å²) in [6.45, 7) is 4.20. The van der Waals surface area contributed by atoms with Crippen molar-refractivity contribution in [3.8, 4) is 0 Å². The zero-order valence-electron chi connectivity index (χ0n) is 11.4. The molecule has 106 valence electrons. The van der Waals surface area contributed by atoms with Crippen LogP contribution in [0.5, 0.6) is 0 Å². The van der Waals surface area contributed by atoms with E-state index in [1.165, 1.54) is 6.42 Å². The van der Waals surface area contributed by atoms with Crippen LogP contribution in [0.1, 0.15) is 37.3 Å². The molecule has 0 saturated heterocycles. The SMILES string of the molecule is Cc1ccc(CO)cc1S(=O)(=O)NCC1(C)CCC1. The van der Waals surface area contributed by atoms with Gasteiger partial charge in [0.15, 0.2) is 0 Å². The third kappa shape index (κ3) is 3.16. The topological polar surface area (TPSA) is 66.4 Å². The van der Waals surface area contributed by atoms with Crippen LogP contribution in [0.15, 0.2) is 23.1 Å². The van der Waals surface area contributed by atoms with Crippen LogP contribution in [0.2, 0.25) is 0 Å². The fourth-order valence-corrected chi connectivity index (χ4v) is 3.83. The highest BCUT2D eigenvalue weighted by Gasteiger charge is 2.33. The minimum atomic E-state index is -3.49. The molecule has 1 fully saturated rings. The molecule has 0 atom stereocenters. The fourth-order valence-electron chi connectivity index (χ4n) is 2.34. The van der Waals surface area contributed by atoms with Gasteiger partial charge in [0.1, 0.15) is 0 Å². The van der Waals surface area contributed by atoms with Gasteiger partial charge in [-0.1, -0.05) is 25.5 Å². The first-order valence-electron chi connectivity index (χ1n) is 6.56. The molecule has 0 spiro atoms. The third-order valence-electron chi connectivity index (χ3n) is 3.97. The van der Waals surface area contributed by atoms with Crippen LogP contribution in [0.3, 0.4) is 0 Å². The minimum Gasteiger partial charge on any atom is -0.392 e. The molecule has 0 heterocycles. The molecule has 0 amide bonds. The molecule has 1 aliphatic carbocycles. The number of sulfonamides is 1. The van der Waals surface area contributed by atoms with Crippen LogP contribution in [-0.4, -0.2) is 20.1 Å². The summed E-state index contributed by atoms with van der Waals surface area (Å²) in [4.78, 5) is 0.266. The first-order valence-corrected chi connectivity index (χ1v) is 8.05.